The molecule has 6 nitrogen and oxygen atoms in total. The van der Waals surface area contributed by atoms with E-state index >= 15 is 0 Å². The van der Waals surface area contributed by atoms with Crippen molar-refractivity contribution >= 4 is 11.8 Å². The zero-order chi connectivity index (χ0) is 14.7. The molecule has 106 valence electrons. The number of benzene rings is 1. The average Bonchev–Trinajstić information content (AvgIpc) is 2.96. The van der Waals surface area contributed by atoms with E-state index in [4.69, 9.17) is 5.73 Å². The van der Waals surface area contributed by atoms with E-state index in [9.17, 15) is 0 Å². The molecule has 1 aromatic carbocycles. The zero-order valence-electron chi connectivity index (χ0n) is 11.4. The molecule has 0 aliphatic heterocycles. The topological polar surface area (TPSA) is 82.5 Å². The van der Waals surface area contributed by atoms with Crippen LogP contribution in [0, 0.1) is 0 Å². The number of pyridine rings is 1. The maximum Gasteiger partial charge on any atom is 0.220 e. The van der Waals surface area contributed by atoms with Crippen LogP contribution in [0.3, 0.4) is 0 Å². The van der Waals surface area contributed by atoms with Crippen LogP contribution in [0.2, 0.25) is 0 Å². The number of rotatable bonds is 4. The zero-order valence-corrected chi connectivity index (χ0v) is 12.2. The van der Waals surface area contributed by atoms with Gasteiger partial charge in [-0.15, -0.1) is 5.10 Å². The summed E-state index contributed by atoms with van der Waals surface area (Å²) < 4.78 is 1.68. The van der Waals surface area contributed by atoms with Gasteiger partial charge in [-0.05, 0) is 47.3 Å². The minimum absolute atomic E-state index is 0.0951. The molecule has 0 fully saturated rings. The number of para-hydroxylation sites is 1. The molecule has 0 bridgehead atoms. The van der Waals surface area contributed by atoms with Crippen molar-refractivity contribution in [2.24, 2.45) is 5.73 Å². The van der Waals surface area contributed by atoms with Crippen molar-refractivity contribution in [2.45, 2.75) is 23.1 Å². The first-order valence-corrected chi connectivity index (χ1v) is 7.29. The fourth-order valence-corrected chi connectivity index (χ4v) is 2.86. The summed E-state index contributed by atoms with van der Waals surface area (Å²) in [6.45, 7) is 1.93. The van der Waals surface area contributed by atoms with E-state index in [1.807, 2.05) is 49.4 Å². The standard InChI is InChI=1S/C14H14N6S/c1-10(15)12-8-5-9-16-13(12)21-14-17-18-19-20(14)11-6-3-2-4-7-11/h2-10H,15H2,1H3. The lowest BCUT2D eigenvalue weighted by atomic mass is 10.2. The highest BCUT2D eigenvalue weighted by atomic mass is 32.2. The Balaban J connectivity index is 1.96. The molecule has 2 aromatic heterocycles. The third-order valence-electron chi connectivity index (χ3n) is 2.92. The number of nitrogens with zero attached hydrogens (tertiary/aromatic N) is 5. The Hall–Kier alpha value is -2.25. The van der Waals surface area contributed by atoms with Crippen molar-refractivity contribution in [3.05, 3.63) is 54.2 Å². The smallest absolute Gasteiger partial charge is 0.220 e. The monoisotopic (exact) mass is 298 g/mol. The molecule has 0 aliphatic carbocycles. The molecule has 0 radical (unpaired) electrons. The lowest BCUT2D eigenvalue weighted by Crippen LogP contribution is -2.07. The Morgan fingerprint density at radius 1 is 1.14 bits per heavy atom. The summed E-state index contributed by atoms with van der Waals surface area (Å²) in [5.74, 6) is 0. The van der Waals surface area contributed by atoms with Crippen LogP contribution in [0.25, 0.3) is 5.69 Å². The van der Waals surface area contributed by atoms with Gasteiger partial charge in [-0.1, -0.05) is 24.3 Å². The molecule has 3 rings (SSSR count). The van der Waals surface area contributed by atoms with Gasteiger partial charge in [-0.3, -0.25) is 0 Å². The number of nitrogens with two attached hydrogens (primary N) is 1. The van der Waals surface area contributed by atoms with Crippen molar-refractivity contribution < 1.29 is 0 Å². The van der Waals surface area contributed by atoms with E-state index in [2.05, 4.69) is 20.5 Å². The summed E-state index contributed by atoms with van der Waals surface area (Å²) in [5.41, 5.74) is 7.86. The van der Waals surface area contributed by atoms with Gasteiger partial charge in [0.05, 0.1) is 5.69 Å². The van der Waals surface area contributed by atoms with E-state index in [0.29, 0.717) is 5.16 Å². The predicted molar refractivity (Wildman–Crippen MR) is 80.1 cm³/mol. The fourth-order valence-electron chi connectivity index (χ4n) is 1.90. The van der Waals surface area contributed by atoms with Crippen LogP contribution in [0.1, 0.15) is 18.5 Å². The van der Waals surface area contributed by atoms with E-state index in [1.165, 1.54) is 11.8 Å². The van der Waals surface area contributed by atoms with Gasteiger partial charge < -0.3 is 5.73 Å². The van der Waals surface area contributed by atoms with Crippen LogP contribution in [-0.4, -0.2) is 25.2 Å². The van der Waals surface area contributed by atoms with Crippen LogP contribution in [0.4, 0.5) is 0 Å². The molecule has 3 aromatic rings. The summed E-state index contributed by atoms with van der Waals surface area (Å²) in [5, 5.41) is 13.3. The lowest BCUT2D eigenvalue weighted by Gasteiger charge is -2.10. The minimum Gasteiger partial charge on any atom is -0.324 e. The van der Waals surface area contributed by atoms with E-state index in [1.54, 1.807) is 10.9 Å². The molecule has 0 spiro atoms. The van der Waals surface area contributed by atoms with Crippen LogP contribution < -0.4 is 5.73 Å². The van der Waals surface area contributed by atoms with Crippen LogP contribution in [-0.2, 0) is 0 Å². The summed E-state index contributed by atoms with van der Waals surface area (Å²) in [6, 6.07) is 13.5. The molecule has 0 aliphatic rings. The average molecular weight is 298 g/mol. The molecule has 0 amide bonds. The van der Waals surface area contributed by atoms with Crippen LogP contribution in [0.15, 0.2) is 58.8 Å². The molecular weight excluding hydrogens is 284 g/mol. The number of hydrogen-bond donors (Lipinski definition) is 1. The summed E-state index contributed by atoms with van der Waals surface area (Å²) in [4.78, 5) is 4.38. The number of aromatic nitrogens is 5. The Bertz CT molecular complexity index is 725. The third kappa shape index (κ3) is 2.93. The maximum atomic E-state index is 5.98. The molecule has 2 N–H and O–H groups in total. The Morgan fingerprint density at radius 2 is 1.95 bits per heavy atom. The Kier molecular flexibility index (Phi) is 3.94. The number of tetrazole rings is 1. The van der Waals surface area contributed by atoms with Gasteiger partial charge in [-0.2, -0.15) is 4.68 Å². The summed E-state index contributed by atoms with van der Waals surface area (Å²) in [6.07, 6.45) is 1.74. The molecule has 0 saturated heterocycles. The minimum atomic E-state index is -0.0951. The van der Waals surface area contributed by atoms with E-state index in [-0.39, 0.29) is 6.04 Å². The van der Waals surface area contributed by atoms with Crippen LogP contribution in [0.5, 0.6) is 0 Å². The van der Waals surface area contributed by atoms with Gasteiger partial charge in [0.1, 0.15) is 5.03 Å². The van der Waals surface area contributed by atoms with Gasteiger partial charge in [-0.25, -0.2) is 4.98 Å². The third-order valence-corrected chi connectivity index (χ3v) is 3.89. The van der Waals surface area contributed by atoms with Gasteiger partial charge in [0, 0.05) is 17.8 Å². The van der Waals surface area contributed by atoms with Gasteiger partial charge in [0.25, 0.3) is 0 Å². The second-order valence-corrected chi connectivity index (χ2v) is 5.45. The molecule has 0 saturated carbocycles. The first-order valence-electron chi connectivity index (χ1n) is 6.48. The molecular formula is C14H14N6S. The highest BCUT2D eigenvalue weighted by Crippen LogP contribution is 2.30. The predicted octanol–water partition coefficient (Wildman–Crippen LogP) is 2.23. The molecule has 2 heterocycles. The highest BCUT2D eigenvalue weighted by Gasteiger charge is 2.14. The second kappa shape index (κ2) is 6.02. The first kappa shape index (κ1) is 13.7. The molecule has 1 unspecified atom stereocenters. The second-order valence-electron chi connectivity index (χ2n) is 4.50. The van der Waals surface area contributed by atoms with Gasteiger partial charge in [0.15, 0.2) is 0 Å². The fraction of sp³-hybridized carbons (Fsp3) is 0.143. The lowest BCUT2D eigenvalue weighted by molar-refractivity contribution is 0.752. The highest BCUT2D eigenvalue weighted by molar-refractivity contribution is 7.99. The Labute approximate surface area is 126 Å². The van der Waals surface area contributed by atoms with E-state index in [0.717, 1.165) is 16.3 Å². The SMILES string of the molecule is CC(N)c1cccnc1Sc1nnnn1-c1ccccc1. The number of hydrogen-bond acceptors (Lipinski definition) is 6. The molecule has 1 atom stereocenters. The molecule has 21 heavy (non-hydrogen) atoms. The van der Waals surface area contributed by atoms with Crippen molar-refractivity contribution in [2.75, 3.05) is 0 Å². The normalized spacial score (nSPS) is 12.3. The van der Waals surface area contributed by atoms with Gasteiger partial charge >= 0.3 is 0 Å². The summed E-state index contributed by atoms with van der Waals surface area (Å²) >= 11 is 1.41. The van der Waals surface area contributed by atoms with Crippen molar-refractivity contribution in [3.63, 3.8) is 0 Å². The Morgan fingerprint density at radius 3 is 2.71 bits per heavy atom. The largest absolute Gasteiger partial charge is 0.324 e. The van der Waals surface area contributed by atoms with Crippen molar-refractivity contribution in [1.82, 2.24) is 25.2 Å². The van der Waals surface area contributed by atoms with Crippen LogP contribution >= 0.6 is 11.8 Å². The maximum absolute atomic E-state index is 5.98. The van der Waals surface area contributed by atoms with Crippen molar-refractivity contribution in [3.8, 4) is 5.69 Å². The van der Waals surface area contributed by atoms with Gasteiger partial charge in [0.2, 0.25) is 5.16 Å². The first-order chi connectivity index (χ1) is 10.3. The quantitative estimate of drug-likeness (QED) is 0.795. The van der Waals surface area contributed by atoms with Crippen molar-refractivity contribution in [1.29, 1.82) is 0 Å². The molecule has 7 heteroatoms. The van der Waals surface area contributed by atoms with E-state index < -0.39 is 0 Å². The summed E-state index contributed by atoms with van der Waals surface area (Å²) in [7, 11) is 0.